The molecule has 1 aromatic carbocycles. The van der Waals surface area contributed by atoms with E-state index < -0.39 is 27.4 Å². The summed E-state index contributed by atoms with van der Waals surface area (Å²) < 4.78 is 66.6. The van der Waals surface area contributed by atoms with Gasteiger partial charge in [-0.25, -0.2) is 8.42 Å². The van der Waals surface area contributed by atoms with Gasteiger partial charge in [-0.15, -0.1) is 0 Å². The SMILES string of the molecule is CC[C@@H](C)N1C(=O)[C@H]([C@@H](C)CC)NC12CCN(S(=O)(=O)c1cccc(C(F)(F)F)c1)CC2. The van der Waals surface area contributed by atoms with Crippen molar-refractivity contribution in [3.8, 4) is 0 Å². The predicted molar refractivity (Wildman–Crippen MR) is 115 cm³/mol. The molecule has 6 nitrogen and oxygen atoms in total. The van der Waals surface area contributed by atoms with Crippen LogP contribution in [0.3, 0.4) is 0 Å². The minimum Gasteiger partial charge on any atom is -0.320 e. The fraction of sp³-hybridized carbons (Fsp3) is 0.682. The maximum atomic E-state index is 13.2. The number of alkyl halides is 3. The van der Waals surface area contributed by atoms with Crippen LogP contribution in [-0.4, -0.2) is 54.4 Å². The van der Waals surface area contributed by atoms with Crippen molar-refractivity contribution in [3.05, 3.63) is 29.8 Å². The molecule has 180 valence electrons. The van der Waals surface area contributed by atoms with Crippen LogP contribution in [0.25, 0.3) is 0 Å². The second kappa shape index (κ2) is 8.95. The third-order valence-electron chi connectivity index (χ3n) is 6.98. The molecule has 10 heteroatoms. The van der Waals surface area contributed by atoms with Gasteiger partial charge in [-0.2, -0.15) is 17.5 Å². The molecule has 32 heavy (non-hydrogen) atoms. The third-order valence-corrected chi connectivity index (χ3v) is 8.88. The molecule has 2 heterocycles. The minimum absolute atomic E-state index is 0.00400. The van der Waals surface area contributed by atoms with Crippen molar-refractivity contribution in [3.63, 3.8) is 0 Å². The summed E-state index contributed by atoms with van der Waals surface area (Å²) in [5.41, 5.74) is -1.63. The number of carbonyl (C=O) groups excluding carboxylic acids is 1. The number of hydrogen-bond acceptors (Lipinski definition) is 4. The quantitative estimate of drug-likeness (QED) is 0.679. The molecule has 1 aromatic rings. The largest absolute Gasteiger partial charge is 0.416 e. The van der Waals surface area contributed by atoms with Gasteiger partial charge in [0.05, 0.1) is 22.2 Å². The van der Waals surface area contributed by atoms with Crippen molar-refractivity contribution in [2.24, 2.45) is 5.92 Å². The molecule has 2 aliphatic heterocycles. The Morgan fingerprint density at radius 2 is 1.78 bits per heavy atom. The normalized spacial score (nSPS) is 24.2. The number of rotatable bonds is 6. The highest BCUT2D eigenvalue weighted by Crippen LogP contribution is 2.38. The smallest absolute Gasteiger partial charge is 0.320 e. The molecular weight excluding hydrogens is 443 g/mol. The Morgan fingerprint density at radius 1 is 1.16 bits per heavy atom. The van der Waals surface area contributed by atoms with Crippen molar-refractivity contribution in [1.29, 1.82) is 0 Å². The van der Waals surface area contributed by atoms with Gasteiger partial charge in [-0.05, 0) is 50.3 Å². The van der Waals surface area contributed by atoms with E-state index >= 15 is 0 Å². The van der Waals surface area contributed by atoms with Gasteiger partial charge < -0.3 is 4.90 Å². The molecule has 0 unspecified atom stereocenters. The van der Waals surface area contributed by atoms with Crippen molar-refractivity contribution >= 4 is 15.9 Å². The van der Waals surface area contributed by atoms with Crippen LogP contribution < -0.4 is 5.32 Å². The van der Waals surface area contributed by atoms with E-state index in [1.54, 1.807) is 0 Å². The van der Waals surface area contributed by atoms with Gasteiger partial charge in [-0.3, -0.25) is 10.1 Å². The second-order valence-electron chi connectivity index (χ2n) is 8.93. The zero-order chi connectivity index (χ0) is 23.9. The summed E-state index contributed by atoms with van der Waals surface area (Å²) in [6, 6.07) is 3.52. The van der Waals surface area contributed by atoms with Crippen LogP contribution in [0, 0.1) is 5.92 Å². The maximum Gasteiger partial charge on any atom is 0.416 e. The second-order valence-corrected chi connectivity index (χ2v) is 10.9. The van der Waals surface area contributed by atoms with Crippen molar-refractivity contribution in [1.82, 2.24) is 14.5 Å². The molecule has 1 N–H and O–H groups in total. The van der Waals surface area contributed by atoms with Crippen molar-refractivity contribution < 1.29 is 26.4 Å². The number of nitrogens with zero attached hydrogens (tertiary/aromatic N) is 2. The lowest BCUT2D eigenvalue weighted by atomic mass is 9.95. The Bertz CT molecular complexity index is 943. The Hall–Kier alpha value is -1.65. The number of halogens is 3. The Labute approximate surface area is 188 Å². The molecule has 0 aromatic heterocycles. The summed E-state index contributed by atoms with van der Waals surface area (Å²) in [6.45, 7) is 8.30. The first-order valence-corrected chi connectivity index (χ1v) is 12.6. The lowest BCUT2D eigenvalue weighted by Crippen LogP contribution is -2.61. The van der Waals surface area contributed by atoms with E-state index in [-0.39, 0.29) is 41.9 Å². The number of benzene rings is 1. The summed E-state index contributed by atoms with van der Waals surface area (Å²) in [6.07, 6.45) is -2.24. The molecule has 3 atom stereocenters. The summed E-state index contributed by atoms with van der Waals surface area (Å²) in [5, 5.41) is 3.52. The first kappa shape index (κ1) is 25.0. The molecule has 3 rings (SSSR count). The van der Waals surface area contributed by atoms with E-state index in [1.165, 1.54) is 10.4 Å². The predicted octanol–water partition coefficient (Wildman–Crippen LogP) is 3.83. The van der Waals surface area contributed by atoms with Crippen LogP contribution in [0.1, 0.15) is 58.9 Å². The van der Waals surface area contributed by atoms with Gasteiger partial charge in [0, 0.05) is 19.1 Å². The topological polar surface area (TPSA) is 69.7 Å². The summed E-state index contributed by atoms with van der Waals surface area (Å²) in [5.74, 6) is 0.184. The molecule has 2 saturated heterocycles. The third kappa shape index (κ3) is 4.41. The highest BCUT2D eigenvalue weighted by Gasteiger charge is 2.54. The Balaban J connectivity index is 1.84. The van der Waals surface area contributed by atoms with Gasteiger partial charge >= 0.3 is 6.18 Å². The molecule has 0 bridgehead atoms. The first-order valence-electron chi connectivity index (χ1n) is 11.2. The van der Waals surface area contributed by atoms with Crippen molar-refractivity contribution in [2.45, 2.75) is 82.2 Å². The lowest BCUT2D eigenvalue weighted by molar-refractivity contribution is -0.138. The van der Waals surface area contributed by atoms with Crippen LogP contribution in [0.4, 0.5) is 13.2 Å². The lowest BCUT2D eigenvalue weighted by Gasteiger charge is -2.46. The molecule has 2 aliphatic rings. The van der Waals surface area contributed by atoms with Crippen LogP contribution in [-0.2, 0) is 21.0 Å². The zero-order valence-corrected chi connectivity index (χ0v) is 19.8. The molecule has 0 aliphatic carbocycles. The highest BCUT2D eigenvalue weighted by atomic mass is 32.2. The number of carbonyl (C=O) groups is 1. The van der Waals surface area contributed by atoms with Crippen LogP contribution in [0.2, 0.25) is 0 Å². The fourth-order valence-electron chi connectivity index (χ4n) is 4.69. The average Bonchev–Trinajstić information content (AvgIpc) is 3.04. The Kier molecular flexibility index (Phi) is 6.98. The zero-order valence-electron chi connectivity index (χ0n) is 18.9. The van der Waals surface area contributed by atoms with Crippen molar-refractivity contribution in [2.75, 3.05) is 13.1 Å². The first-order chi connectivity index (χ1) is 14.9. The van der Waals surface area contributed by atoms with Crippen LogP contribution >= 0.6 is 0 Å². The number of hydrogen-bond donors (Lipinski definition) is 1. The molecule has 0 saturated carbocycles. The molecule has 0 radical (unpaired) electrons. The number of nitrogens with one attached hydrogen (secondary N) is 1. The fourth-order valence-corrected chi connectivity index (χ4v) is 6.18. The van der Waals surface area contributed by atoms with Gasteiger partial charge in [0.1, 0.15) is 0 Å². The van der Waals surface area contributed by atoms with E-state index in [0.29, 0.717) is 18.9 Å². The Morgan fingerprint density at radius 3 is 2.31 bits per heavy atom. The van der Waals surface area contributed by atoms with E-state index in [0.717, 1.165) is 25.0 Å². The number of piperidine rings is 1. The van der Waals surface area contributed by atoms with Crippen LogP contribution in [0.5, 0.6) is 0 Å². The maximum absolute atomic E-state index is 13.2. The van der Waals surface area contributed by atoms with Gasteiger partial charge in [0.2, 0.25) is 15.9 Å². The summed E-state index contributed by atoms with van der Waals surface area (Å²) >= 11 is 0. The van der Waals surface area contributed by atoms with Gasteiger partial charge in [0.15, 0.2) is 0 Å². The van der Waals surface area contributed by atoms with E-state index in [4.69, 9.17) is 0 Å². The molecule has 1 spiro atoms. The van der Waals surface area contributed by atoms with E-state index in [1.807, 2.05) is 32.6 Å². The number of amides is 1. The monoisotopic (exact) mass is 475 g/mol. The number of sulfonamides is 1. The minimum atomic E-state index is -4.62. The molecular formula is C22H32F3N3O3S. The van der Waals surface area contributed by atoms with Crippen LogP contribution in [0.15, 0.2) is 29.2 Å². The highest BCUT2D eigenvalue weighted by molar-refractivity contribution is 7.89. The molecule has 1 amide bonds. The summed E-state index contributed by atoms with van der Waals surface area (Å²) in [7, 11) is -4.08. The van der Waals surface area contributed by atoms with Gasteiger partial charge in [-0.1, -0.05) is 33.3 Å². The summed E-state index contributed by atoms with van der Waals surface area (Å²) in [4.78, 5) is 14.8. The van der Waals surface area contributed by atoms with E-state index in [9.17, 15) is 26.4 Å². The van der Waals surface area contributed by atoms with Gasteiger partial charge in [0.25, 0.3) is 0 Å². The molecule has 2 fully saturated rings. The standard InChI is InChI=1S/C22H32F3N3O3S/c1-5-15(3)19-20(29)28(16(4)6-2)21(26-19)10-12-27(13-11-21)32(30,31)18-9-7-8-17(14-18)22(23,24)25/h7-9,14-16,19,26H,5-6,10-13H2,1-4H3/t15-,16+,19-/m0/s1. The van der Waals surface area contributed by atoms with E-state index in [2.05, 4.69) is 5.32 Å². The average molecular weight is 476 g/mol.